The van der Waals surface area contributed by atoms with Crippen molar-refractivity contribution in [3.05, 3.63) is 0 Å². The van der Waals surface area contributed by atoms with Crippen LogP contribution in [0.1, 0.15) is 26.7 Å². The second-order valence-electron chi connectivity index (χ2n) is 2.65. The molecule has 1 aliphatic carbocycles. The summed E-state index contributed by atoms with van der Waals surface area (Å²) in [4.78, 5) is 11.3. The van der Waals surface area contributed by atoms with Crippen molar-refractivity contribution in [1.29, 1.82) is 0 Å². The molecule has 0 aliphatic heterocycles. The van der Waals surface area contributed by atoms with Crippen molar-refractivity contribution in [2.75, 3.05) is 12.4 Å². The lowest BCUT2D eigenvalue weighted by Gasteiger charge is -2.10. The second-order valence-corrected chi connectivity index (χ2v) is 4.30. The van der Waals surface area contributed by atoms with Gasteiger partial charge in [-0.1, -0.05) is 6.92 Å². The molecule has 64 valence electrons. The molecule has 0 heterocycles. The van der Waals surface area contributed by atoms with E-state index in [0.717, 1.165) is 18.6 Å². The van der Waals surface area contributed by atoms with Crippen LogP contribution in [0.15, 0.2) is 0 Å². The van der Waals surface area contributed by atoms with Crippen LogP contribution in [0, 0.1) is 0 Å². The summed E-state index contributed by atoms with van der Waals surface area (Å²) >= 11 is 1.72. The number of thioether (sulfide) groups is 1. The molecule has 11 heavy (non-hydrogen) atoms. The van der Waals surface area contributed by atoms with E-state index in [1.54, 1.807) is 11.8 Å². The van der Waals surface area contributed by atoms with Crippen molar-refractivity contribution in [3.63, 3.8) is 0 Å². The Balaban J connectivity index is 2.38. The summed E-state index contributed by atoms with van der Waals surface area (Å²) in [7, 11) is 0. The molecule has 0 spiro atoms. The quantitative estimate of drug-likeness (QED) is 0.608. The van der Waals surface area contributed by atoms with Crippen molar-refractivity contribution in [2.45, 2.75) is 31.4 Å². The Morgan fingerprint density at radius 3 is 2.55 bits per heavy atom. The van der Waals surface area contributed by atoms with Crippen molar-refractivity contribution >= 4 is 17.7 Å². The van der Waals surface area contributed by atoms with Gasteiger partial charge in [0.15, 0.2) is 0 Å². The minimum Gasteiger partial charge on any atom is -0.465 e. The Morgan fingerprint density at radius 2 is 2.18 bits per heavy atom. The highest BCUT2D eigenvalue weighted by atomic mass is 32.2. The van der Waals surface area contributed by atoms with E-state index >= 15 is 0 Å². The molecule has 0 aromatic rings. The van der Waals surface area contributed by atoms with Gasteiger partial charge in [0.1, 0.15) is 4.75 Å². The highest BCUT2D eigenvalue weighted by Crippen LogP contribution is 2.49. The molecule has 0 unspecified atom stereocenters. The molecule has 3 heteroatoms. The normalized spacial score (nSPS) is 19.5. The van der Waals surface area contributed by atoms with Crippen molar-refractivity contribution in [3.8, 4) is 0 Å². The minimum absolute atomic E-state index is 0.00755. The van der Waals surface area contributed by atoms with Gasteiger partial charge < -0.3 is 4.74 Å². The fourth-order valence-corrected chi connectivity index (χ4v) is 2.18. The summed E-state index contributed by atoms with van der Waals surface area (Å²) in [6.07, 6.45) is 2.01. The van der Waals surface area contributed by atoms with Gasteiger partial charge in [0.05, 0.1) is 6.61 Å². The third kappa shape index (κ3) is 1.89. The van der Waals surface area contributed by atoms with E-state index in [1.165, 1.54) is 0 Å². The SMILES string of the molecule is CCOC(=O)C1(SCC)CC1. The van der Waals surface area contributed by atoms with Crippen LogP contribution in [-0.4, -0.2) is 23.1 Å². The van der Waals surface area contributed by atoms with Gasteiger partial charge in [-0.25, -0.2) is 0 Å². The maximum absolute atomic E-state index is 11.3. The molecule has 1 aliphatic rings. The monoisotopic (exact) mass is 174 g/mol. The molecule has 0 saturated heterocycles. The van der Waals surface area contributed by atoms with Crippen LogP contribution >= 0.6 is 11.8 Å². The molecule has 2 nitrogen and oxygen atoms in total. The van der Waals surface area contributed by atoms with Gasteiger partial charge >= 0.3 is 5.97 Å². The van der Waals surface area contributed by atoms with E-state index in [9.17, 15) is 4.79 Å². The lowest BCUT2D eigenvalue weighted by molar-refractivity contribution is -0.143. The van der Waals surface area contributed by atoms with Crippen LogP contribution in [0.25, 0.3) is 0 Å². The first-order chi connectivity index (χ1) is 5.25. The fourth-order valence-electron chi connectivity index (χ4n) is 1.06. The molecule has 0 atom stereocenters. The van der Waals surface area contributed by atoms with Crippen molar-refractivity contribution < 1.29 is 9.53 Å². The Labute approximate surface area is 71.7 Å². The number of rotatable bonds is 4. The highest BCUT2D eigenvalue weighted by molar-refractivity contribution is 8.01. The molecule has 0 amide bonds. The zero-order valence-electron chi connectivity index (χ0n) is 7.05. The summed E-state index contributed by atoms with van der Waals surface area (Å²) in [6.45, 7) is 4.43. The van der Waals surface area contributed by atoms with Gasteiger partial charge in [0.25, 0.3) is 0 Å². The molecule has 0 bridgehead atoms. The van der Waals surface area contributed by atoms with Gasteiger partial charge in [-0.3, -0.25) is 4.79 Å². The van der Waals surface area contributed by atoms with E-state index in [1.807, 2.05) is 6.92 Å². The zero-order valence-corrected chi connectivity index (χ0v) is 7.87. The van der Waals surface area contributed by atoms with Gasteiger partial charge in [0.2, 0.25) is 0 Å². The van der Waals surface area contributed by atoms with Gasteiger partial charge in [-0.2, -0.15) is 0 Å². The number of ether oxygens (including phenoxy) is 1. The number of hydrogen-bond donors (Lipinski definition) is 0. The largest absolute Gasteiger partial charge is 0.465 e. The van der Waals surface area contributed by atoms with Gasteiger partial charge in [-0.15, -0.1) is 11.8 Å². The maximum atomic E-state index is 11.3. The number of hydrogen-bond acceptors (Lipinski definition) is 3. The number of esters is 1. The molecule has 1 fully saturated rings. The smallest absolute Gasteiger partial charge is 0.322 e. The second kappa shape index (κ2) is 3.48. The van der Waals surface area contributed by atoms with Crippen LogP contribution in [0.2, 0.25) is 0 Å². The molecular weight excluding hydrogens is 160 g/mol. The lowest BCUT2D eigenvalue weighted by atomic mass is 10.4. The number of carbonyl (C=O) groups excluding carboxylic acids is 1. The molecule has 0 N–H and O–H groups in total. The Hall–Kier alpha value is -0.180. The van der Waals surface area contributed by atoms with Crippen LogP contribution in [0.5, 0.6) is 0 Å². The first-order valence-corrected chi connectivity index (χ1v) is 5.05. The maximum Gasteiger partial charge on any atom is 0.322 e. The third-order valence-electron chi connectivity index (χ3n) is 1.77. The van der Waals surface area contributed by atoms with E-state index < -0.39 is 0 Å². The van der Waals surface area contributed by atoms with Crippen LogP contribution in [0.3, 0.4) is 0 Å². The van der Waals surface area contributed by atoms with E-state index in [2.05, 4.69) is 6.92 Å². The standard InChI is InChI=1S/C8H14O2S/c1-3-10-7(9)8(5-6-8)11-4-2/h3-6H2,1-2H3. The first kappa shape index (κ1) is 8.91. The molecule has 0 aromatic carbocycles. The minimum atomic E-state index is -0.134. The molecule has 1 saturated carbocycles. The Bertz CT molecular complexity index is 152. The molecule has 1 rings (SSSR count). The lowest BCUT2D eigenvalue weighted by Crippen LogP contribution is -2.21. The van der Waals surface area contributed by atoms with Crippen LogP contribution in [-0.2, 0) is 9.53 Å². The highest BCUT2D eigenvalue weighted by Gasteiger charge is 2.51. The first-order valence-electron chi connectivity index (χ1n) is 4.06. The third-order valence-corrected chi connectivity index (χ3v) is 3.19. The average Bonchev–Trinajstić information content (AvgIpc) is 2.71. The summed E-state index contributed by atoms with van der Waals surface area (Å²) in [6, 6.07) is 0. The van der Waals surface area contributed by atoms with Gasteiger partial charge in [0, 0.05) is 0 Å². The molecule has 0 radical (unpaired) electrons. The molecule has 0 aromatic heterocycles. The van der Waals surface area contributed by atoms with Gasteiger partial charge in [-0.05, 0) is 25.5 Å². The Morgan fingerprint density at radius 1 is 1.55 bits per heavy atom. The van der Waals surface area contributed by atoms with Crippen molar-refractivity contribution in [1.82, 2.24) is 0 Å². The summed E-state index contributed by atoms with van der Waals surface area (Å²) in [5.74, 6) is 0.991. The van der Waals surface area contributed by atoms with E-state index in [-0.39, 0.29) is 10.7 Å². The topological polar surface area (TPSA) is 26.3 Å². The van der Waals surface area contributed by atoms with E-state index in [0.29, 0.717) is 6.61 Å². The fraction of sp³-hybridized carbons (Fsp3) is 0.875. The zero-order chi connectivity index (χ0) is 8.32. The predicted octanol–water partition coefficient (Wildman–Crippen LogP) is 1.84. The molecular formula is C8H14O2S. The summed E-state index contributed by atoms with van der Waals surface area (Å²) in [5, 5.41) is 0. The van der Waals surface area contributed by atoms with Crippen molar-refractivity contribution in [2.24, 2.45) is 0 Å². The number of carbonyl (C=O) groups is 1. The van der Waals surface area contributed by atoms with E-state index in [4.69, 9.17) is 4.74 Å². The van der Waals surface area contributed by atoms with Crippen LogP contribution in [0.4, 0.5) is 0 Å². The van der Waals surface area contributed by atoms with Crippen LogP contribution < -0.4 is 0 Å². The summed E-state index contributed by atoms with van der Waals surface area (Å²) in [5.41, 5.74) is 0. The Kier molecular flexibility index (Phi) is 2.82. The average molecular weight is 174 g/mol. The summed E-state index contributed by atoms with van der Waals surface area (Å²) < 4.78 is 4.83. The predicted molar refractivity (Wildman–Crippen MR) is 46.7 cm³/mol.